The van der Waals surface area contributed by atoms with Gasteiger partial charge in [0.25, 0.3) is 0 Å². The van der Waals surface area contributed by atoms with Gasteiger partial charge in [-0.2, -0.15) is 10.1 Å². The molecule has 12 nitrogen and oxygen atoms in total. The molecule has 258 valence electrons. The number of carbonyl (C=O) groups is 4. The monoisotopic (exact) mass is 648 g/mol. The summed E-state index contributed by atoms with van der Waals surface area (Å²) < 4.78 is 21.3. The van der Waals surface area contributed by atoms with Crippen molar-refractivity contribution in [1.82, 2.24) is 10.1 Å². The third-order valence-corrected chi connectivity index (χ3v) is 8.50. The van der Waals surface area contributed by atoms with Gasteiger partial charge < -0.3 is 18.9 Å². The molecule has 0 amide bonds. The first kappa shape index (κ1) is 37.4. The van der Waals surface area contributed by atoms with Gasteiger partial charge in [-0.05, 0) is 73.6 Å². The third-order valence-electron chi connectivity index (χ3n) is 8.50. The average Bonchev–Trinajstić information content (AvgIpc) is 2.94. The predicted octanol–water partition coefficient (Wildman–Crippen LogP) is 5.03. The van der Waals surface area contributed by atoms with Crippen molar-refractivity contribution in [3.05, 3.63) is 35.4 Å². The van der Waals surface area contributed by atoms with Crippen molar-refractivity contribution in [2.75, 3.05) is 27.4 Å². The van der Waals surface area contributed by atoms with Crippen LogP contribution in [0.15, 0.2) is 24.3 Å². The molecule has 0 saturated carbocycles. The van der Waals surface area contributed by atoms with E-state index in [1.807, 2.05) is 65.5 Å². The maximum absolute atomic E-state index is 13.3. The van der Waals surface area contributed by atoms with Gasteiger partial charge in [-0.1, -0.05) is 6.07 Å². The number of ether oxygens (including phenoxy) is 4. The molecule has 0 spiro atoms. The Kier molecular flexibility index (Phi) is 12.0. The molecule has 1 aromatic carbocycles. The number of hydrogen-bond acceptors (Lipinski definition) is 12. The quantitative estimate of drug-likeness (QED) is 0.223. The van der Waals surface area contributed by atoms with E-state index in [1.54, 1.807) is 18.2 Å². The summed E-state index contributed by atoms with van der Waals surface area (Å²) in [7, 11) is 2.68. The first-order chi connectivity index (χ1) is 21.3. The van der Waals surface area contributed by atoms with E-state index in [4.69, 9.17) is 28.6 Å². The lowest BCUT2D eigenvalue weighted by molar-refractivity contribution is -0.291. The number of esters is 4. The Labute approximate surface area is 272 Å². The van der Waals surface area contributed by atoms with Crippen LogP contribution >= 0.6 is 0 Å². The molecule has 2 aliphatic heterocycles. The Balaban J connectivity index is 1.62. The van der Waals surface area contributed by atoms with E-state index in [2.05, 4.69) is 0 Å². The Bertz CT molecular complexity index is 1130. The van der Waals surface area contributed by atoms with E-state index in [9.17, 15) is 19.2 Å². The fourth-order valence-corrected chi connectivity index (χ4v) is 7.07. The summed E-state index contributed by atoms with van der Waals surface area (Å²) in [6, 6.07) is 6.39. The van der Waals surface area contributed by atoms with Crippen molar-refractivity contribution < 1.29 is 47.8 Å². The molecule has 2 aliphatic rings. The topological polar surface area (TPSA) is 130 Å². The van der Waals surface area contributed by atoms with Gasteiger partial charge in [0.05, 0.1) is 51.4 Å². The Hall–Kier alpha value is -3.06. The molecule has 0 bridgehead atoms. The van der Waals surface area contributed by atoms with Crippen LogP contribution in [0.2, 0.25) is 0 Å². The lowest BCUT2D eigenvalue weighted by atomic mass is 9.80. The molecule has 0 aliphatic carbocycles. The zero-order valence-corrected chi connectivity index (χ0v) is 29.1. The number of hydrogen-bond donors (Lipinski definition) is 0. The number of hydroxylamine groups is 4. The fraction of sp³-hybridized carbons (Fsp3) is 0.706. The van der Waals surface area contributed by atoms with Crippen molar-refractivity contribution in [3.8, 4) is 0 Å². The predicted molar refractivity (Wildman–Crippen MR) is 168 cm³/mol. The summed E-state index contributed by atoms with van der Waals surface area (Å²) in [5, 5.41) is 3.76. The zero-order valence-electron chi connectivity index (χ0n) is 29.1. The summed E-state index contributed by atoms with van der Waals surface area (Å²) in [5.41, 5.74) is -1.43. The van der Waals surface area contributed by atoms with Crippen LogP contribution < -0.4 is 0 Å². The molecule has 0 N–H and O–H groups in total. The molecule has 46 heavy (non-hydrogen) atoms. The first-order valence-electron chi connectivity index (χ1n) is 15.8. The Morgan fingerprint density at radius 1 is 0.630 bits per heavy atom. The van der Waals surface area contributed by atoms with Crippen LogP contribution in [0.25, 0.3) is 0 Å². The van der Waals surface area contributed by atoms with E-state index in [0.717, 1.165) is 0 Å². The summed E-state index contributed by atoms with van der Waals surface area (Å²) in [6.07, 6.45) is 1.54. The van der Waals surface area contributed by atoms with Gasteiger partial charge in [0.15, 0.2) is 0 Å². The third kappa shape index (κ3) is 9.49. The second-order valence-corrected chi connectivity index (χ2v) is 14.6. The lowest BCUT2D eigenvalue weighted by Gasteiger charge is -2.53. The van der Waals surface area contributed by atoms with Crippen molar-refractivity contribution in [2.24, 2.45) is 0 Å². The second-order valence-electron chi connectivity index (χ2n) is 14.6. The highest BCUT2D eigenvalue weighted by Gasteiger charge is 2.49. The molecule has 0 aromatic heterocycles. The maximum Gasteiger partial charge on any atom is 0.338 e. The van der Waals surface area contributed by atoms with Gasteiger partial charge in [-0.25, -0.2) is 9.59 Å². The highest BCUT2D eigenvalue weighted by atomic mass is 16.7. The standard InChI is InChI=1S/C34H52N2O10/c1-31(2)19-25(20-32(3,4)35(31)43-16-14-27(37)41-9)45-29(39)23-12-11-13-24(18-23)30(40)46-26-21-33(5,6)36(34(7,8)22-26)44-17-15-28(38)42-10/h11-13,18,25-26H,14-17,19-22H2,1-10H3. The molecule has 0 radical (unpaired) electrons. The van der Waals surface area contributed by atoms with Gasteiger partial charge >= 0.3 is 23.9 Å². The van der Waals surface area contributed by atoms with E-state index >= 15 is 0 Å². The van der Waals surface area contributed by atoms with Crippen LogP contribution in [0.3, 0.4) is 0 Å². The van der Waals surface area contributed by atoms with Gasteiger partial charge in [-0.15, -0.1) is 0 Å². The highest BCUT2D eigenvalue weighted by molar-refractivity contribution is 5.95. The molecule has 2 fully saturated rings. The molecule has 0 unspecified atom stereocenters. The van der Waals surface area contributed by atoms with E-state index < -0.39 is 46.3 Å². The highest BCUT2D eigenvalue weighted by Crippen LogP contribution is 2.41. The van der Waals surface area contributed by atoms with Gasteiger partial charge in [-0.3, -0.25) is 19.3 Å². The normalized spacial score (nSPS) is 21.3. The van der Waals surface area contributed by atoms with Crippen molar-refractivity contribution in [1.29, 1.82) is 0 Å². The van der Waals surface area contributed by atoms with Crippen LogP contribution in [0.4, 0.5) is 0 Å². The number of methoxy groups -OCH3 is 2. The minimum Gasteiger partial charge on any atom is -0.469 e. The van der Waals surface area contributed by atoms with Crippen molar-refractivity contribution >= 4 is 23.9 Å². The van der Waals surface area contributed by atoms with Crippen molar-refractivity contribution in [3.63, 3.8) is 0 Å². The smallest absolute Gasteiger partial charge is 0.338 e. The minimum atomic E-state index is -0.522. The molecule has 0 atom stereocenters. The SMILES string of the molecule is COC(=O)CCON1C(C)(C)CC(OC(=O)c2cccc(C(=O)OC3CC(C)(C)N(OCCC(=O)OC)C(C)(C)C3)c2)CC1(C)C. The fourth-order valence-electron chi connectivity index (χ4n) is 7.07. The minimum absolute atomic E-state index is 0.137. The molecule has 2 heterocycles. The molecular formula is C34H52N2O10. The average molecular weight is 649 g/mol. The van der Waals surface area contributed by atoms with Crippen LogP contribution in [-0.2, 0) is 38.2 Å². The van der Waals surface area contributed by atoms with Crippen molar-refractivity contribution in [2.45, 2.75) is 128 Å². The number of piperidine rings is 2. The number of nitrogens with zero attached hydrogens (tertiary/aromatic N) is 2. The van der Waals surface area contributed by atoms with E-state index in [-0.39, 0.29) is 49.1 Å². The summed E-state index contributed by atoms with van der Waals surface area (Å²) in [5.74, 6) is -1.73. The molecule has 2 saturated heterocycles. The largest absolute Gasteiger partial charge is 0.469 e. The number of benzene rings is 1. The zero-order chi connectivity index (χ0) is 34.5. The Morgan fingerprint density at radius 3 is 1.26 bits per heavy atom. The van der Waals surface area contributed by atoms with E-state index in [1.165, 1.54) is 20.3 Å². The van der Waals surface area contributed by atoms with Gasteiger partial charge in [0, 0.05) is 47.8 Å². The molecule has 12 heteroatoms. The molecule has 3 rings (SSSR count). The molecule has 1 aromatic rings. The van der Waals surface area contributed by atoms with Gasteiger partial charge in [0.2, 0.25) is 0 Å². The second kappa shape index (κ2) is 14.8. The number of rotatable bonds is 12. The maximum atomic E-state index is 13.3. The lowest BCUT2D eigenvalue weighted by Crippen LogP contribution is -2.62. The Morgan fingerprint density at radius 2 is 0.957 bits per heavy atom. The first-order valence-corrected chi connectivity index (χ1v) is 15.8. The number of carbonyl (C=O) groups excluding carboxylic acids is 4. The van der Waals surface area contributed by atoms with Crippen LogP contribution in [0.5, 0.6) is 0 Å². The summed E-state index contributed by atoms with van der Waals surface area (Å²) in [4.78, 5) is 61.7. The summed E-state index contributed by atoms with van der Waals surface area (Å²) >= 11 is 0. The van der Waals surface area contributed by atoms with Crippen LogP contribution in [0, 0.1) is 0 Å². The summed E-state index contributed by atoms with van der Waals surface area (Å²) in [6.45, 7) is 16.4. The van der Waals surface area contributed by atoms with E-state index in [0.29, 0.717) is 25.7 Å². The van der Waals surface area contributed by atoms with Crippen LogP contribution in [-0.4, -0.2) is 95.8 Å². The molecular weight excluding hydrogens is 596 g/mol. The van der Waals surface area contributed by atoms with Crippen LogP contribution in [0.1, 0.15) is 115 Å². The van der Waals surface area contributed by atoms with Gasteiger partial charge in [0.1, 0.15) is 12.2 Å².